The molecule has 6 rings (SSSR count). The number of nitrogens with zero attached hydrogens (tertiary/aromatic N) is 5. The lowest BCUT2D eigenvalue weighted by Crippen LogP contribution is -2.34. The molecule has 1 saturated carbocycles. The molecule has 2 aromatic carbocycles. The van der Waals surface area contributed by atoms with Gasteiger partial charge in [-0.2, -0.15) is 9.78 Å². The van der Waals surface area contributed by atoms with Crippen LogP contribution in [-0.4, -0.2) is 43.9 Å². The number of hydrogen-bond donors (Lipinski definition) is 2. The Hall–Kier alpha value is -4.12. The number of carbonyl (C=O) groups excluding carboxylic acids is 1. The third-order valence-electron chi connectivity index (χ3n) is 7.53. The van der Waals surface area contributed by atoms with E-state index < -0.39 is 28.8 Å². The highest BCUT2D eigenvalue weighted by Gasteiger charge is 2.57. The number of para-hydroxylation sites is 1. The summed E-state index contributed by atoms with van der Waals surface area (Å²) in [6.07, 6.45) is 0.971. The third kappa shape index (κ3) is 3.76. The number of imidazole rings is 1. The van der Waals surface area contributed by atoms with Crippen molar-refractivity contribution in [2.45, 2.75) is 31.7 Å². The van der Waals surface area contributed by atoms with Gasteiger partial charge in [0, 0.05) is 37.7 Å². The van der Waals surface area contributed by atoms with E-state index in [0.717, 1.165) is 53.7 Å². The van der Waals surface area contributed by atoms with Crippen LogP contribution in [0.2, 0.25) is 0 Å². The van der Waals surface area contributed by atoms with Crippen molar-refractivity contribution in [1.82, 2.24) is 19.3 Å². The Morgan fingerprint density at radius 1 is 1.13 bits per heavy atom. The predicted molar refractivity (Wildman–Crippen MR) is 140 cm³/mol. The van der Waals surface area contributed by atoms with E-state index in [-0.39, 0.29) is 17.2 Å². The molecule has 1 amide bonds. The third-order valence-corrected chi connectivity index (χ3v) is 7.53. The van der Waals surface area contributed by atoms with Crippen LogP contribution in [0.3, 0.4) is 0 Å². The van der Waals surface area contributed by atoms with Gasteiger partial charge in [-0.3, -0.25) is 9.59 Å². The molecule has 2 aromatic heterocycles. The maximum absolute atomic E-state index is 14.4. The number of nitrogens with one attached hydrogen (secondary N) is 1. The number of rotatable bonds is 5. The van der Waals surface area contributed by atoms with Gasteiger partial charge in [0.15, 0.2) is 11.6 Å². The second-order valence-electron chi connectivity index (χ2n) is 10.5. The van der Waals surface area contributed by atoms with Crippen LogP contribution in [0.1, 0.15) is 42.5 Å². The molecule has 3 heterocycles. The van der Waals surface area contributed by atoms with E-state index in [0.29, 0.717) is 22.8 Å². The first-order valence-corrected chi connectivity index (χ1v) is 12.5. The standard InChI is InChI=1S/C27H27F2N7O2/c1-14(2)25-32-22-20(34(25)3)9-7-18(24(22)35-12-15-11-27(15,30)13-35)31-26(38)19-8-10-21(37)36(33-19)23-16(28)5-4-6-17(23)29/h4-10,14-15H,11-13,30H2,1-3H3,(H,31,38)/t15?,27-/m0/s1. The first kappa shape index (κ1) is 24.2. The second-order valence-corrected chi connectivity index (χ2v) is 10.5. The van der Waals surface area contributed by atoms with E-state index in [1.54, 1.807) is 6.07 Å². The normalized spacial score (nSPS) is 20.3. The smallest absolute Gasteiger partial charge is 0.276 e. The maximum Gasteiger partial charge on any atom is 0.276 e. The molecule has 1 unspecified atom stereocenters. The molecule has 1 saturated heterocycles. The van der Waals surface area contributed by atoms with Crippen LogP contribution in [0.25, 0.3) is 16.7 Å². The Morgan fingerprint density at radius 2 is 1.87 bits per heavy atom. The van der Waals surface area contributed by atoms with Gasteiger partial charge in [0.25, 0.3) is 11.5 Å². The fourth-order valence-corrected chi connectivity index (χ4v) is 5.47. The van der Waals surface area contributed by atoms with Crippen molar-refractivity contribution in [2.24, 2.45) is 18.7 Å². The molecule has 9 nitrogen and oxygen atoms in total. The van der Waals surface area contributed by atoms with Crippen LogP contribution in [0, 0.1) is 17.6 Å². The van der Waals surface area contributed by atoms with Gasteiger partial charge < -0.3 is 20.5 Å². The van der Waals surface area contributed by atoms with Crippen LogP contribution in [0.4, 0.5) is 20.2 Å². The molecular formula is C27H27F2N7O2. The summed E-state index contributed by atoms with van der Waals surface area (Å²) < 4.78 is 31.3. The van der Waals surface area contributed by atoms with Gasteiger partial charge in [0.2, 0.25) is 0 Å². The van der Waals surface area contributed by atoms with Crippen molar-refractivity contribution < 1.29 is 13.6 Å². The highest BCUT2D eigenvalue weighted by molar-refractivity contribution is 6.08. The molecular weight excluding hydrogens is 492 g/mol. The number of nitrogens with two attached hydrogens (primary N) is 1. The van der Waals surface area contributed by atoms with Crippen molar-refractivity contribution in [1.29, 1.82) is 0 Å². The monoisotopic (exact) mass is 519 g/mol. The van der Waals surface area contributed by atoms with E-state index in [9.17, 15) is 18.4 Å². The summed E-state index contributed by atoms with van der Waals surface area (Å²) in [5.41, 5.74) is 7.63. The van der Waals surface area contributed by atoms with Gasteiger partial charge in [0.1, 0.15) is 22.7 Å². The Kier molecular flexibility index (Phi) is 5.39. The molecule has 2 atom stereocenters. The minimum absolute atomic E-state index is 0.179. The van der Waals surface area contributed by atoms with Crippen molar-refractivity contribution in [3.63, 3.8) is 0 Å². The number of piperidine rings is 1. The van der Waals surface area contributed by atoms with E-state index in [4.69, 9.17) is 10.7 Å². The van der Waals surface area contributed by atoms with Crippen LogP contribution in [-0.2, 0) is 7.05 Å². The molecule has 11 heteroatoms. The lowest BCUT2D eigenvalue weighted by Gasteiger charge is -2.25. The van der Waals surface area contributed by atoms with Crippen molar-refractivity contribution >= 4 is 28.3 Å². The fourth-order valence-electron chi connectivity index (χ4n) is 5.47. The number of hydrogen-bond acceptors (Lipinski definition) is 6. The van der Waals surface area contributed by atoms with Crippen molar-refractivity contribution in [3.05, 3.63) is 76.0 Å². The zero-order chi connectivity index (χ0) is 26.9. The minimum atomic E-state index is -0.968. The van der Waals surface area contributed by atoms with Gasteiger partial charge in [-0.25, -0.2) is 13.8 Å². The molecule has 2 fully saturated rings. The molecule has 4 aromatic rings. The number of anilines is 2. The molecule has 1 aliphatic heterocycles. The Balaban J connectivity index is 1.42. The van der Waals surface area contributed by atoms with Crippen LogP contribution in [0.5, 0.6) is 0 Å². The summed E-state index contributed by atoms with van der Waals surface area (Å²) >= 11 is 0. The number of fused-ring (bicyclic) bond motifs is 2. The van der Waals surface area contributed by atoms with E-state index in [1.807, 2.05) is 17.7 Å². The van der Waals surface area contributed by atoms with Gasteiger partial charge >= 0.3 is 0 Å². The molecule has 0 bridgehead atoms. The first-order valence-electron chi connectivity index (χ1n) is 12.5. The van der Waals surface area contributed by atoms with Crippen molar-refractivity contribution in [3.8, 4) is 5.69 Å². The lowest BCUT2D eigenvalue weighted by molar-refractivity contribution is 0.102. The quantitative estimate of drug-likeness (QED) is 0.419. The molecule has 38 heavy (non-hydrogen) atoms. The van der Waals surface area contributed by atoms with Gasteiger partial charge in [-0.15, -0.1) is 0 Å². The first-order chi connectivity index (χ1) is 18.1. The number of aryl methyl sites for hydroxylation is 1. The number of halogens is 2. The largest absolute Gasteiger partial charge is 0.366 e. The average Bonchev–Trinajstić information content (AvgIpc) is 3.19. The second kappa shape index (κ2) is 8.45. The zero-order valence-corrected chi connectivity index (χ0v) is 21.2. The Morgan fingerprint density at radius 3 is 2.53 bits per heavy atom. The number of amides is 1. The van der Waals surface area contributed by atoms with E-state index in [2.05, 4.69) is 29.2 Å². The molecule has 196 valence electrons. The lowest BCUT2D eigenvalue weighted by atomic mass is 10.2. The van der Waals surface area contributed by atoms with Crippen LogP contribution >= 0.6 is 0 Å². The van der Waals surface area contributed by atoms with E-state index in [1.165, 1.54) is 12.1 Å². The summed E-state index contributed by atoms with van der Waals surface area (Å²) in [5.74, 6) is -1.08. The fraction of sp³-hybridized carbons (Fsp3) is 0.333. The predicted octanol–water partition coefficient (Wildman–Crippen LogP) is 3.31. The topological polar surface area (TPSA) is 111 Å². The Bertz CT molecular complexity index is 1660. The summed E-state index contributed by atoms with van der Waals surface area (Å²) in [5, 5.41) is 6.87. The maximum atomic E-state index is 14.4. The molecule has 2 aliphatic rings. The number of aromatic nitrogens is 4. The SMILES string of the molecule is CC(C)c1nc2c(N3CC4C[C@]4(N)C3)c(NC(=O)c3ccc(=O)n(-c4c(F)cccc4F)n3)ccc2n1C. The van der Waals surface area contributed by atoms with Crippen LogP contribution in [0.15, 0.2) is 47.3 Å². The highest BCUT2D eigenvalue weighted by atomic mass is 19.1. The molecule has 3 N–H and O–H groups in total. The summed E-state index contributed by atoms with van der Waals surface area (Å²) in [4.78, 5) is 32.8. The minimum Gasteiger partial charge on any atom is -0.366 e. The molecule has 0 spiro atoms. The highest BCUT2D eigenvalue weighted by Crippen LogP contribution is 2.50. The molecule has 0 radical (unpaired) electrons. The van der Waals surface area contributed by atoms with E-state index >= 15 is 0 Å². The van der Waals surface area contributed by atoms with Gasteiger partial charge in [-0.1, -0.05) is 19.9 Å². The van der Waals surface area contributed by atoms with Gasteiger partial charge in [0.05, 0.1) is 16.9 Å². The summed E-state index contributed by atoms with van der Waals surface area (Å²) in [7, 11) is 1.97. The summed E-state index contributed by atoms with van der Waals surface area (Å²) in [6, 6.07) is 9.20. The average molecular weight is 520 g/mol. The van der Waals surface area contributed by atoms with Crippen molar-refractivity contribution in [2.75, 3.05) is 23.3 Å². The molecule has 1 aliphatic carbocycles. The van der Waals surface area contributed by atoms with Gasteiger partial charge in [-0.05, 0) is 42.7 Å². The number of benzene rings is 2. The number of carbonyl (C=O) groups is 1. The Labute approximate surface area is 216 Å². The van der Waals surface area contributed by atoms with Crippen LogP contribution < -0.4 is 21.5 Å². The zero-order valence-electron chi connectivity index (χ0n) is 21.2. The summed E-state index contributed by atoms with van der Waals surface area (Å²) in [6.45, 7) is 5.54.